The van der Waals surface area contributed by atoms with E-state index in [0.717, 1.165) is 6.42 Å². The first kappa shape index (κ1) is 21.9. The monoisotopic (exact) mass is 314 g/mol. The fourth-order valence-electron chi connectivity index (χ4n) is 3.02. The Morgan fingerprint density at radius 3 is 1.23 bits per heavy atom. The molecule has 0 aliphatic heterocycles. The van der Waals surface area contributed by atoms with Crippen molar-refractivity contribution in [1.82, 2.24) is 0 Å². The molecule has 0 aromatic heterocycles. The van der Waals surface area contributed by atoms with Gasteiger partial charge in [-0.15, -0.1) is 0 Å². The zero-order chi connectivity index (χ0) is 16.5. The lowest BCUT2D eigenvalue weighted by Gasteiger charge is -2.17. The molecule has 0 aromatic rings. The first-order chi connectivity index (χ1) is 10.6. The van der Waals surface area contributed by atoms with Crippen molar-refractivity contribution in [3.05, 3.63) is 0 Å². The molecule has 134 valence electrons. The van der Waals surface area contributed by atoms with Gasteiger partial charge in [0.15, 0.2) is 0 Å². The predicted octanol–water partition coefficient (Wildman–Crippen LogP) is 5.98. The summed E-state index contributed by atoms with van der Waals surface area (Å²) in [5.41, 5.74) is 1.37. The number of hydrogen-bond donors (Lipinski definition) is 2. The molecule has 0 amide bonds. The Hall–Kier alpha value is -0.0800. The highest BCUT2D eigenvalue weighted by atomic mass is 16.5. The van der Waals surface area contributed by atoms with Crippen molar-refractivity contribution in [2.24, 2.45) is 0 Å². The van der Waals surface area contributed by atoms with Crippen LogP contribution in [0.2, 0.25) is 0 Å². The maximum Gasteiger partial charge on any atom is 0.120 e. The second-order valence-electron chi connectivity index (χ2n) is 7.82. The van der Waals surface area contributed by atoms with Gasteiger partial charge in [0.1, 0.15) is 5.54 Å². The minimum Gasteiger partial charge on any atom is -0.220 e. The first-order valence-corrected chi connectivity index (χ1v) is 10.1. The van der Waals surface area contributed by atoms with Gasteiger partial charge in [0.25, 0.3) is 0 Å². The number of unbranched alkanes of at least 4 members (excludes halogenated alkanes) is 14. The highest BCUT2D eigenvalue weighted by Crippen LogP contribution is 2.15. The van der Waals surface area contributed by atoms with Gasteiger partial charge in [0, 0.05) is 6.42 Å². The van der Waals surface area contributed by atoms with Crippen molar-refractivity contribution >= 4 is 0 Å². The fraction of sp³-hybridized carbons (Fsp3) is 1.00. The Balaban J connectivity index is 3.06. The van der Waals surface area contributed by atoms with Crippen LogP contribution in [0.1, 0.15) is 124 Å². The summed E-state index contributed by atoms with van der Waals surface area (Å²) in [5.74, 6) is 0. The Morgan fingerprint density at radius 1 is 0.591 bits per heavy atom. The summed E-state index contributed by atoms with van der Waals surface area (Å²) in [6.45, 7) is 6.50. The minimum absolute atomic E-state index is 0.0105. The molecule has 0 bridgehead atoms. The third-order valence-corrected chi connectivity index (χ3v) is 4.77. The lowest BCUT2D eigenvalue weighted by Crippen LogP contribution is -2.92. The van der Waals surface area contributed by atoms with E-state index in [9.17, 15) is 0 Å². The van der Waals surface area contributed by atoms with E-state index in [1.807, 2.05) is 0 Å². The summed E-state index contributed by atoms with van der Waals surface area (Å²) < 4.78 is 0. The predicted molar refractivity (Wildman–Crippen MR) is 97.3 cm³/mol. The molecule has 0 aliphatic rings. The highest BCUT2D eigenvalue weighted by molar-refractivity contribution is 4.62. The van der Waals surface area contributed by atoms with Crippen LogP contribution in [-0.4, -0.2) is 10.7 Å². The Bertz CT molecular complexity index is 216. The van der Waals surface area contributed by atoms with Gasteiger partial charge in [0.2, 0.25) is 0 Å². The van der Waals surface area contributed by atoms with Gasteiger partial charge in [0.05, 0.1) is 0 Å². The highest BCUT2D eigenvalue weighted by Gasteiger charge is 2.19. The first-order valence-electron chi connectivity index (χ1n) is 10.1. The molecule has 0 rings (SSSR count). The SMILES string of the molecule is CCCCCCCCCCCCCCCCCC(C)(C)[NH2+]O. The molecule has 2 nitrogen and oxygen atoms in total. The number of quaternary nitrogens is 1. The molecule has 0 atom stereocenters. The van der Waals surface area contributed by atoms with Crippen LogP contribution < -0.4 is 5.48 Å². The zero-order valence-corrected chi connectivity index (χ0v) is 15.8. The quantitative estimate of drug-likeness (QED) is 0.251. The van der Waals surface area contributed by atoms with Gasteiger partial charge in [-0.25, -0.2) is 5.21 Å². The van der Waals surface area contributed by atoms with Crippen LogP contribution >= 0.6 is 0 Å². The summed E-state index contributed by atoms with van der Waals surface area (Å²) in [6, 6.07) is 0. The van der Waals surface area contributed by atoms with Gasteiger partial charge < -0.3 is 0 Å². The molecule has 0 aliphatic carbocycles. The number of hydroxylamine groups is 1. The Morgan fingerprint density at radius 2 is 0.909 bits per heavy atom. The van der Waals surface area contributed by atoms with Crippen LogP contribution in [0.15, 0.2) is 0 Å². The molecule has 0 unspecified atom stereocenters. The van der Waals surface area contributed by atoms with Crippen LogP contribution in [0.25, 0.3) is 0 Å². The van der Waals surface area contributed by atoms with E-state index in [-0.39, 0.29) is 5.54 Å². The zero-order valence-electron chi connectivity index (χ0n) is 15.8. The van der Waals surface area contributed by atoms with E-state index in [1.165, 1.54) is 102 Å². The standard InChI is InChI=1S/C20H43NO/c1-4-5-6-7-8-9-10-11-12-13-14-15-16-17-18-19-20(2,3)21-22/h21-22H,4-19H2,1-3H3/p+1. The molecule has 22 heavy (non-hydrogen) atoms. The third-order valence-electron chi connectivity index (χ3n) is 4.77. The van der Waals surface area contributed by atoms with E-state index in [2.05, 4.69) is 20.8 Å². The normalized spacial score (nSPS) is 12.0. The van der Waals surface area contributed by atoms with E-state index in [4.69, 9.17) is 5.21 Å². The van der Waals surface area contributed by atoms with Gasteiger partial charge in [-0.3, -0.25) is 0 Å². The molecule has 0 aromatic carbocycles. The van der Waals surface area contributed by atoms with Crippen LogP contribution in [0.4, 0.5) is 0 Å². The van der Waals surface area contributed by atoms with Crippen molar-refractivity contribution in [2.45, 2.75) is 129 Å². The van der Waals surface area contributed by atoms with E-state index >= 15 is 0 Å². The molecule has 0 heterocycles. The molecule has 0 saturated carbocycles. The smallest absolute Gasteiger partial charge is 0.120 e. The van der Waals surface area contributed by atoms with Gasteiger partial charge >= 0.3 is 0 Å². The maximum absolute atomic E-state index is 9.08. The van der Waals surface area contributed by atoms with Crippen molar-refractivity contribution in [2.75, 3.05) is 0 Å². The average molecular weight is 315 g/mol. The fourth-order valence-corrected chi connectivity index (χ4v) is 3.02. The molecule has 0 saturated heterocycles. The van der Waals surface area contributed by atoms with Gasteiger partial charge in [-0.2, -0.15) is 5.48 Å². The molecule has 0 radical (unpaired) electrons. The summed E-state index contributed by atoms with van der Waals surface area (Å²) >= 11 is 0. The summed E-state index contributed by atoms with van der Waals surface area (Å²) in [7, 11) is 0. The van der Waals surface area contributed by atoms with Crippen LogP contribution in [0, 0.1) is 0 Å². The Labute approximate surface area is 140 Å². The number of nitrogens with two attached hydrogens (primary N) is 1. The summed E-state index contributed by atoms with van der Waals surface area (Å²) in [4.78, 5) is 0. The summed E-state index contributed by atoms with van der Waals surface area (Å²) in [6.07, 6.45) is 22.3. The second kappa shape index (κ2) is 15.8. The van der Waals surface area contributed by atoms with E-state index in [1.54, 1.807) is 0 Å². The molecule has 0 spiro atoms. The lowest BCUT2D eigenvalue weighted by molar-refractivity contribution is -0.931. The molecule has 2 heteroatoms. The van der Waals surface area contributed by atoms with Gasteiger partial charge in [-0.05, 0) is 20.3 Å². The molecule has 0 fully saturated rings. The third kappa shape index (κ3) is 16.3. The van der Waals surface area contributed by atoms with Crippen molar-refractivity contribution < 1.29 is 10.7 Å². The number of hydrogen-bond acceptors (Lipinski definition) is 1. The second-order valence-corrected chi connectivity index (χ2v) is 7.82. The topological polar surface area (TPSA) is 36.8 Å². The molecular weight excluding hydrogens is 270 g/mol. The van der Waals surface area contributed by atoms with Crippen molar-refractivity contribution in [3.63, 3.8) is 0 Å². The van der Waals surface area contributed by atoms with Gasteiger partial charge in [-0.1, -0.05) is 96.8 Å². The minimum atomic E-state index is 0.0105. The largest absolute Gasteiger partial charge is 0.220 e. The average Bonchev–Trinajstić information content (AvgIpc) is 2.51. The molecular formula is C20H44NO+. The van der Waals surface area contributed by atoms with Crippen LogP contribution in [-0.2, 0) is 0 Å². The van der Waals surface area contributed by atoms with Crippen LogP contribution in [0.3, 0.4) is 0 Å². The van der Waals surface area contributed by atoms with E-state index in [0.29, 0.717) is 0 Å². The lowest BCUT2D eigenvalue weighted by atomic mass is 9.97. The van der Waals surface area contributed by atoms with Crippen molar-refractivity contribution in [3.8, 4) is 0 Å². The van der Waals surface area contributed by atoms with Crippen LogP contribution in [0.5, 0.6) is 0 Å². The molecule has 3 N–H and O–H groups in total. The van der Waals surface area contributed by atoms with Crippen molar-refractivity contribution in [1.29, 1.82) is 0 Å². The Kier molecular flexibility index (Phi) is 15.7. The van der Waals surface area contributed by atoms with E-state index < -0.39 is 0 Å². The number of rotatable bonds is 17. The summed E-state index contributed by atoms with van der Waals surface area (Å²) in [5, 5.41) is 9.08. The maximum atomic E-state index is 9.08.